The third-order valence-electron chi connectivity index (χ3n) is 7.08. The van der Waals surface area contributed by atoms with Crippen molar-refractivity contribution in [3.05, 3.63) is 52.6 Å². The van der Waals surface area contributed by atoms with Crippen LogP contribution in [0.5, 0.6) is 11.5 Å². The predicted molar refractivity (Wildman–Crippen MR) is 123 cm³/mol. The number of ether oxygens (including phenoxy) is 1. The molecule has 5 rings (SSSR count). The number of carbonyl (C=O) groups is 1. The summed E-state index contributed by atoms with van der Waals surface area (Å²) in [6, 6.07) is 8.15. The minimum absolute atomic E-state index is 0.0305. The van der Waals surface area contributed by atoms with Gasteiger partial charge in [-0.25, -0.2) is 0 Å². The van der Waals surface area contributed by atoms with Crippen LogP contribution in [0.25, 0.3) is 6.08 Å². The average Bonchev–Trinajstić information content (AvgIpc) is 2.92. The monoisotopic (exact) mass is 417 g/mol. The topological polar surface area (TPSA) is 52.8 Å². The van der Waals surface area contributed by atoms with E-state index in [1.165, 1.54) is 48.3 Å². The van der Waals surface area contributed by atoms with Crippen molar-refractivity contribution in [2.75, 3.05) is 25.0 Å². The minimum atomic E-state index is -0.283. The van der Waals surface area contributed by atoms with E-state index in [9.17, 15) is 9.90 Å². The number of phenolic OH excluding ortho intramolecular Hbond substituents is 1. The minimum Gasteiger partial charge on any atom is -0.504 e. The number of phenols is 1. The lowest BCUT2D eigenvalue weighted by atomic mass is 9.81. The quantitative estimate of drug-likeness (QED) is 0.594. The maximum absolute atomic E-state index is 10.8. The highest BCUT2D eigenvalue weighted by Gasteiger charge is 2.44. The van der Waals surface area contributed by atoms with Gasteiger partial charge in [0.25, 0.3) is 6.47 Å². The van der Waals surface area contributed by atoms with Crippen molar-refractivity contribution in [2.24, 2.45) is 0 Å². The van der Waals surface area contributed by atoms with Crippen LogP contribution in [0, 0.1) is 0 Å². The largest absolute Gasteiger partial charge is 0.504 e. The number of aryl methyl sites for hydroxylation is 2. The van der Waals surface area contributed by atoms with Gasteiger partial charge in [-0.15, -0.1) is 0 Å². The molecule has 3 heterocycles. The lowest BCUT2D eigenvalue weighted by Gasteiger charge is -2.37. The first-order valence-corrected chi connectivity index (χ1v) is 11.1. The number of benzene rings is 2. The fraction of sp³-hybridized carbons (Fsp3) is 0.385. The highest BCUT2D eigenvalue weighted by molar-refractivity contribution is 6.05. The molecular formula is C26H29N2O3+. The maximum atomic E-state index is 10.8. The first kappa shape index (κ1) is 19.9. The smallest absolute Gasteiger partial charge is 0.298 e. The van der Waals surface area contributed by atoms with Gasteiger partial charge in [0, 0.05) is 30.4 Å². The summed E-state index contributed by atoms with van der Waals surface area (Å²) in [6.45, 7) is 7.04. The van der Waals surface area contributed by atoms with Crippen LogP contribution in [0.15, 0.2) is 30.3 Å². The standard InChI is InChI=1S/C26H28N2O3/c1-26(2)20-14-23(31-16-29)22(30)15-21(20)27(3)24(26)9-8-17-12-18-6-4-10-28-11-5-7-19(13-17)25(18)28/h8-9,12-16H,4-7,10-11H2,1-3H3/p+1. The van der Waals surface area contributed by atoms with E-state index in [4.69, 9.17) is 4.74 Å². The molecule has 3 aliphatic rings. The summed E-state index contributed by atoms with van der Waals surface area (Å²) in [7, 11) is 2.02. The molecular weight excluding hydrogens is 388 g/mol. The van der Waals surface area contributed by atoms with E-state index in [0.717, 1.165) is 29.8 Å². The van der Waals surface area contributed by atoms with Crippen LogP contribution in [0.4, 0.5) is 11.4 Å². The third kappa shape index (κ3) is 3.14. The second-order valence-corrected chi connectivity index (χ2v) is 9.34. The van der Waals surface area contributed by atoms with Gasteiger partial charge in [-0.05, 0) is 80.5 Å². The fourth-order valence-corrected chi connectivity index (χ4v) is 5.59. The number of allylic oxidation sites excluding steroid dienone is 1. The molecule has 3 aliphatic heterocycles. The van der Waals surface area contributed by atoms with Gasteiger partial charge in [-0.2, -0.15) is 4.58 Å². The Labute approximate surface area is 183 Å². The molecule has 31 heavy (non-hydrogen) atoms. The van der Waals surface area contributed by atoms with Crippen LogP contribution >= 0.6 is 0 Å². The molecule has 0 atom stereocenters. The van der Waals surface area contributed by atoms with E-state index in [1.807, 2.05) is 7.05 Å². The van der Waals surface area contributed by atoms with Crippen molar-refractivity contribution < 1.29 is 19.2 Å². The van der Waals surface area contributed by atoms with Crippen LogP contribution in [0.2, 0.25) is 0 Å². The zero-order valence-corrected chi connectivity index (χ0v) is 18.4. The molecule has 0 bridgehead atoms. The SMILES string of the molecule is C[N+]1=C(C=Cc2cc3c4c(c2)CCCN4CCC3)C(C)(C)c2cc(OC=O)c(O)cc21. The van der Waals surface area contributed by atoms with Crippen LogP contribution in [-0.2, 0) is 23.1 Å². The lowest BCUT2D eigenvalue weighted by molar-refractivity contribution is -0.401. The van der Waals surface area contributed by atoms with Crippen molar-refractivity contribution in [1.29, 1.82) is 0 Å². The van der Waals surface area contributed by atoms with E-state index in [-0.39, 0.29) is 16.9 Å². The van der Waals surface area contributed by atoms with Crippen molar-refractivity contribution in [2.45, 2.75) is 44.9 Å². The van der Waals surface area contributed by atoms with Crippen molar-refractivity contribution in [1.82, 2.24) is 0 Å². The molecule has 5 nitrogen and oxygen atoms in total. The van der Waals surface area contributed by atoms with Gasteiger partial charge >= 0.3 is 0 Å². The van der Waals surface area contributed by atoms with Gasteiger partial charge in [0.1, 0.15) is 7.05 Å². The first-order valence-electron chi connectivity index (χ1n) is 11.1. The second kappa shape index (κ2) is 7.26. The molecule has 0 aliphatic carbocycles. The molecule has 160 valence electrons. The summed E-state index contributed by atoms with van der Waals surface area (Å²) in [5, 5.41) is 10.2. The van der Waals surface area contributed by atoms with Gasteiger partial charge in [0.05, 0.1) is 11.5 Å². The number of aromatic hydroxyl groups is 1. The third-order valence-corrected chi connectivity index (χ3v) is 7.08. The maximum Gasteiger partial charge on any atom is 0.298 e. The zero-order chi connectivity index (χ0) is 21.8. The van der Waals surface area contributed by atoms with E-state index in [1.54, 1.807) is 12.1 Å². The molecule has 0 saturated heterocycles. The molecule has 2 aromatic carbocycles. The Morgan fingerprint density at radius 1 is 1.06 bits per heavy atom. The lowest BCUT2D eigenvalue weighted by Crippen LogP contribution is -2.34. The molecule has 0 fully saturated rings. The van der Waals surface area contributed by atoms with E-state index < -0.39 is 0 Å². The van der Waals surface area contributed by atoms with Crippen LogP contribution < -0.4 is 9.64 Å². The first-order chi connectivity index (χ1) is 14.9. The summed E-state index contributed by atoms with van der Waals surface area (Å²) < 4.78 is 7.08. The molecule has 0 saturated carbocycles. The Balaban J connectivity index is 1.52. The number of carbonyl (C=O) groups excluding carboxylic acids is 1. The van der Waals surface area contributed by atoms with E-state index in [2.05, 4.69) is 47.6 Å². The van der Waals surface area contributed by atoms with E-state index in [0.29, 0.717) is 6.47 Å². The summed E-state index contributed by atoms with van der Waals surface area (Å²) in [5.74, 6) is 0.163. The number of fused-ring (bicyclic) bond motifs is 1. The van der Waals surface area contributed by atoms with Crippen LogP contribution in [0.3, 0.4) is 0 Å². The Morgan fingerprint density at radius 3 is 2.39 bits per heavy atom. The number of hydrogen-bond acceptors (Lipinski definition) is 4. The van der Waals surface area contributed by atoms with Gasteiger partial charge in [0.2, 0.25) is 5.69 Å². The predicted octanol–water partition coefficient (Wildman–Crippen LogP) is 4.35. The van der Waals surface area contributed by atoms with Gasteiger partial charge in [-0.1, -0.05) is 0 Å². The number of hydrogen-bond donors (Lipinski definition) is 1. The zero-order valence-electron chi connectivity index (χ0n) is 18.4. The number of anilines is 1. The van der Waals surface area contributed by atoms with Crippen LogP contribution in [-0.4, -0.2) is 42.0 Å². The molecule has 0 spiro atoms. The number of nitrogens with zero attached hydrogens (tertiary/aromatic N) is 2. The van der Waals surface area contributed by atoms with E-state index >= 15 is 0 Å². The Bertz CT molecular complexity index is 1110. The summed E-state index contributed by atoms with van der Waals surface area (Å²) in [4.78, 5) is 13.4. The van der Waals surface area contributed by atoms with Crippen molar-refractivity contribution in [3.63, 3.8) is 0 Å². The summed E-state index contributed by atoms with van der Waals surface area (Å²) in [6.07, 6.45) is 9.19. The Morgan fingerprint density at radius 2 is 1.74 bits per heavy atom. The van der Waals surface area contributed by atoms with Gasteiger partial charge < -0.3 is 14.7 Å². The molecule has 0 radical (unpaired) electrons. The molecule has 0 amide bonds. The highest BCUT2D eigenvalue weighted by Crippen LogP contribution is 2.45. The van der Waals surface area contributed by atoms with Gasteiger partial charge in [-0.3, -0.25) is 4.79 Å². The molecule has 0 unspecified atom stereocenters. The number of rotatable bonds is 4. The molecule has 0 aromatic heterocycles. The fourth-order valence-electron chi connectivity index (χ4n) is 5.59. The Kier molecular flexibility index (Phi) is 4.65. The molecule has 5 heteroatoms. The summed E-state index contributed by atoms with van der Waals surface area (Å²) in [5.41, 5.74) is 8.51. The molecule has 2 aromatic rings. The second-order valence-electron chi connectivity index (χ2n) is 9.34. The van der Waals surface area contributed by atoms with Crippen molar-refractivity contribution >= 4 is 29.6 Å². The normalized spacial score (nSPS) is 18.9. The van der Waals surface area contributed by atoms with Crippen molar-refractivity contribution in [3.8, 4) is 11.5 Å². The van der Waals surface area contributed by atoms with Gasteiger partial charge in [0.15, 0.2) is 17.2 Å². The highest BCUT2D eigenvalue weighted by atomic mass is 16.5. The summed E-state index contributed by atoms with van der Waals surface area (Å²) >= 11 is 0. The Hall–Kier alpha value is -3.08. The molecule has 1 N–H and O–H groups in total. The average molecular weight is 418 g/mol. The van der Waals surface area contributed by atoms with Crippen LogP contribution in [0.1, 0.15) is 48.9 Å².